The molecule has 0 unspecified atom stereocenters. The third-order valence-electron chi connectivity index (χ3n) is 2.77. The largest absolute Gasteiger partial charge is 0.497 e. The number of benzene rings is 2. The van der Waals surface area contributed by atoms with Crippen LogP contribution >= 0.6 is 15.9 Å². The van der Waals surface area contributed by atoms with Crippen LogP contribution < -0.4 is 15.2 Å². The van der Waals surface area contributed by atoms with Crippen molar-refractivity contribution in [2.75, 3.05) is 7.11 Å². The number of nitrogens with two attached hydrogens (primary N) is 1. The minimum Gasteiger partial charge on any atom is -0.497 e. The van der Waals surface area contributed by atoms with Gasteiger partial charge in [-0.3, -0.25) is 0 Å². The van der Waals surface area contributed by atoms with Gasteiger partial charge in [0.2, 0.25) is 0 Å². The van der Waals surface area contributed by atoms with Gasteiger partial charge in [0.15, 0.2) is 0 Å². The highest BCUT2D eigenvalue weighted by Crippen LogP contribution is 2.32. The first-order valence-corrected chi connectivity index (χ1v) is 6.76. The van der Waals surface area contributed by atoms with E-state index in [2.05, 4.69) is 15.9 Å². The number of hydrogen-bond acceptors (Lipinski definition) is 3. The monoisotopic (exact) mass is 321 g/mol. The average Bonchev–Trinajstić information content (AvgIpc) is 2.41. The van der Waals surface area contributed by atoms with Crippen LogP contribution in [0.15, 0.2) is 46.9 Å². The van der Waals surface area contributed by atoms with Gasteiger partial charge in [-0.05, 0) is 58.7 Å². The van der Waals surface area contributed by atoms with Crippen LogP contribution in [0.1, 0.15) is 18.5 Å². The van der Waals surface area contributed by atoms with Crippen molar-refractivity contribution in [3.05, 3.63) is 52.5 Å². The molecule has 0 fully saturated rings. The Labute approximate surface area is 121 Å². The van der Waals surface area contributed by atoms with Crippen LogP contribution in [-0.2, 0) is 0 Å². The molecule has 3 nitrogen and oxygen atoms in total. The number of ether oxygens (including phenoxy) is 2. The van der Waals surface area contributed by atoms with Crippen LogP contribution in [0, 0.1) is 0 Å². The lowest BCUT2D eigenvalue weighted by molar-refractivity contribution is 0.412. The Morgan fingerprint density at radius 3 is 2.21 bits per heavy atom. The summed E-state index contributed by atoms with van der Waals surface area (Å²) in [5.41, 5.74) is 6.89. The smallest absolute Gasteiger partial charge is 0.141 e. The summed E-state index contributed by atoms with van der Waals surface area (Å²) in [5.74, 6) is 2.30. The zero-order valence-electron chi connectivity index (χ0n) is 10.9. The first-order chi connectivity index (χ1) is 9.10. The standard InChI is InChI=1S/C15H16BrNO2/c1-10(17)11-3-5-12(6-4-11)19-15-8-7-13(18-2)9-14(15)16/h3-10H,17H2,1-2H3/t10-/m1/s1. The van der Waals surface area contributed by atoms with Crippen LogP contribution in [0.3, 0.4) is 0 Å². The Hall–Kier alpha value is -1.52. The fraction of sp³-hybridized carbons (Fsp3) is 0.200. The van der Waals surface area contributed by atoms with E-state index >= 15 is 0 Å². The van der Waals surface area contributed by atoms with Crippen molar-refractivity contribution in [2.24, 2.45) is 5.73 Å². The van der Waals surface area contributed by atoms with E-state index in [1.54, 1.807) is 7.11 Å². The van der Waals surface area contributed by atoms with Gasteiger partial charge in [-0.1, -0.05) is 12.1 Å². The molecule has 2 aromatic rings. The zero-order valence-corrected chi connectivity index (χ0v) is 12.5. The predicted molar refractivity (Wildman–Crippen MR) is 79.8 cm³/mol. The summed E-state index contributed by atoms with van der Waals surface area (Å²) < 4.78 is 11.8. The maximum absolute atomic E-state index is 5.81. The van der Waals surface area contributed by atoms with E-state index in [0.29, 0.717) is 0 Å². The molecule has 0 aliphatic rings. The molecule has 0 spiro atoms. The van der Waals surface area contributed by atoms with Gasteiger partial charge in [0, 0.05) is 6.04 Å². The van der Waals surface area contributed by atoms with Crippen LogP contribution in [-0.4, -0.2) is 7.11 Å². The van der Waals surface area contributed by atoms with Gasteiger partial charge in [-0.2, -0.15) is 0 Å². The molecule has 19 heavy (non-hydrogen) atoms. The molecule has 2 aromatic carbocycles. The maximum atomic E-state index is 5.81. The summed E-state index contributed by atoms with van der Waals surface area (Å²) in [6, 6.07) is 13.4. The third-order valence-corrected chi connectivity index (χ3v) is 3.39. The number of methoxy groups -OCH3 is 1. The normalized spacial score (nSPS) is 12.0. The van der Waals surface area contributed by atoms with E-state index in [4.69, 9.17) is 15.2 Å². The van der Waals surface area contributed by atoms with Crippen molar-refractivity contribution in [1.29, 1.82) is 0 Å². The Bertz CT molecular complexity index is 553. The van der Waals surface area contributed by atoms with Crippen LogP contribution in [0.4, 0.5) is 0 Å². The van der Waals surface area contributed by atoms with E-state index in [1.165, 1.54) is 0 Å². The molecule has 1 atom stereocenters. The molecular formula is C15H16BrNO2. The molecule has 2 rings (SSSR count). The second-order valence-electron chi connectivity index (χ2n) is 4.26. The SMILES string of the molecule is COc1ccc(Oc2ccc([C@@H](C)N)cc2)c(Br)c1. The van der Waals surface area contributed by atoms with Crippen LogP contribution in [0.25, 0.3) is 0 Å². The van der Waals surface area contributed by atoms with Crippen LogP contribution in [0.5, 0.6) is 17.2 Å². The molecule has 4 heteroatoms. The van der Waals surface area contributed by atoms with Crippen molar-refractivity contribution >= 4 is 15.9 Å². The minimum atomic E-state index is 0.0294. The van der Waals surface area contributed by atoms with Gasteiger partial charge in [-0.25, -0.2) is 0 Å². The van der Waals surface area contributed by atoms with Gasteiger partial charge in [0.25, 0.3) is 0 Å². The van der Waals surface area contributed by atoms with E-state index in [9.17, 15) is 0 Å². The summed E-state index contributed by atoms with van der Waals surface area (Å²) >= 11 is 3.46. The maximum Gasteiger partial charge on any atom is 0.141 e. The molecule has 100 valence electrons. The van der Waals surface area contributed by atoms with Crippen molar-refractivity contribution in [3.8, 4) is 17.2 Å². The van der Waals surface area contributed by atoms with Crippen molar-refractivity contribution in [3.63, 3.8) is 0 Å². The van der Waals surface area contributed by atoms with Gasteiger partial charge in [0.1, 0.15) is 17.2 Å². The molecule has 0 saturated heterocycles. The first kappa shape index (κ1) is 13.9. The van der Waals surface area contributed by atoms with E-state index < -0.39 is 0 Å². The second-order valence-corrected chi connectivity index (χ2v) is 5.11. The van der Waals surface area contributed by atoms with E-state index in [0.717, 1.165) is 27.3 Å². The number of hydrogen-bond donors (Lipinski definition) is 1. The Kier molecular flexibility index (Phi) is 4.45. The summed E-state index contributed by atoms with van der Waals surface area (Å²) in [6.45, 7) is 1.95. The summed E-state index contributed by atoms with van der Waals surface area (Å²) in [7, 11) is 1.63. The third kappa shape index (κ3) is 3.49. The van der Waals surface area contributed by atoms with E-state index in [-0.39, 0.29) is 6.04 Å². The number of halogens is 1. The van der Waals surface area contributed by atoms with Crippen molar-refractivity contribution < 1.29 is 9.47 Å². The molecule has 0 saturated carbocycles. The lowest BCUT2D eigenvalue weighted by atomic mass is 10.1. The summed E-state index contributed by atoms with van der Waals surface area (Å²) in [6.07, 6.45) is 0. The van der Waals surface area contributed by atoms with Crippen molar-refractivity contribution in [1.82, 2.24) is 0 Å². The first-order valence-electron chi connectivity index (χ1n) is 5.97. The number of rotatable bonds is 4. The molecule has 0 bridgehead atoms. The fourth-order valence-corrected chi connectivity index (χ4v) is 2.10. The van der Waals surface area contributed by atoms with Crippen LogP contribution in [0.2, 0.25) is 0 Å². The Balaban J connectivity index is 2.16. The highest BCUT2D eigenvalue weighted by molar-refractivity contribution is 9.10. The zero-order chi connectivity index (χ0) is 13.8. The molecule has 0 amide bonds. The fourth-order valence-electron chi connectivity index (χ4n) is 1.66. The lowest BCUT2D eigenvalue weighted by Gasteiger charge is -2.10. The predicted octanol–water partition coefficient (Wildman–Crippen LogP) is 4.27. The second kappa shape index (κ2) is 6.08. The van der Waals surface area contributed by atoms with E-state index in [1.807, 2.05) is 49.4 Å². The van der Waals surface area contributed by atoms with Crippen molar-refractivity contribution in [2.45, 2.75) is 13.0 Å². The highest BCUT2D eigenvalue weighted by atomic mass is 79.9. The molecule has 0 radical (unpaired) electrons. The Morgan fingerprint density at radius 1 is 1.05 bits per heavy atom. The molecule has 0 aliphatic carbocycles. The summed E-state index contributed by atoms with van der Waals surface area (Å²) in [5, 5.41) is 0. The quantitative estimate of drug-likeness (QED) is 0.914. The minimum absolute atomic E-state index is 0.0294. The molecular weight excluding hydrogens is 306 g/mol. The van der Waals surface area contributed by atoms with Gasteiger partial charge >= 0.3 is 0 Å². The topological polar surface area (TPSA) is 44.5 Å². The lowest BCUT2D eigenvalue weighted by Crippen LogP contribution is -2.04. The molecule has 0 aromatic heterocycles. The van der Waals surface area contributed by atoms with Gasteiger partial charge in [0.05, 0.1) is 11.6 Å². The highest BCUT2D eigenvalue weighted by Gasteiger charge is 2.05. The van der Waals surface area contributed by atoms with Gasteiger partial charge in [-0.15, -0.1) is 0 Å². The molecule has 0 heterocycles. The molecule has 2 N–H and O–H groups in total. The average molecular weight is 322 g/mol. The summed E-state index contributed by atoms with van der Waals surface area (Å²) in [4.78, 5) is 0. The van der Waals surface area contributed by atoms with Gasteiger partial charge < -0.3 is 15.2 Å². The Morgan fingerprint density at radius 2 is 1.68 bits per heavy atom. The molecule has 0 aliphatic heterocycles.